The molecule has 1 heterocycles. The maximum Gasteiger partial charge on any atom is 0.422 e. The van der Waals surface area contributed by atoms with Crippen molar-refractivity contribution in [2.45, 2.75) is 31.9 Å². The zero-order valence-electron chi connectivity index (χ0n) is 16.3. The van der Waals surface area contributed by atoms with Gasteiger partial charge in [0.2, 0.25) is 0 Å². The van der Waals surface area contributed by atoms with Gasteiger partial charge in [0.1, 0.15) is 13.2 Å². The van der Waals surface area contributed by atoms with E-state index >= 15 is 0 Å². The van der Waals surface area contributed by atoms with Crippen molar-refractivity contribution in [1.29, 1.82) is 0 Å². The van der Waals surface area contributed by atoms with Crippen molar-refractivity contribution >= 4 is 23.8 Å². The molecule has 1 atom stereocenters. The number of benzene rings is 1. The standard InChI is InChI=1S/C19H26N4O6/c1-14(24)19(8-5-9-20)17(27)22(12-16(25)26)10-11-23(19)21-18(28)29-13-15-6-3-2-4-7-15/h2-4,6-7H,5,8-13,20H2,1H3,(H,21,28)(H,25,26)/t19-/m0/s1. The van der Waals surface area contributed by atoms with Gasteiger partial charge in [-0.2, -0.15) is 5.01 Å². The summed E-state index contributed by atoms with van der Waals surface area (Å²) in [5.74, 6) is -2.36. The summed E-state index contributed by atoms with van der Waals surface area (Å²) in [5.41, 5.74) is 7.11. The van der Waals surface area contributed by atoms with Gasteiger partial charge in [-0.3, -0.25) is 19.8 Å². The molecular formula is C19H26N4O6. The number of hydrogen-bond acceptors (Lipinski definition) is 7. The summed E-state index contributed by atoms with van der Waals surface area (Å²) in [4.78, 5) is 50.1. The van der Waals surface area contributed by atoms with Crippen LogP contribution in [0.15, 0.2) is 30.3 Å². The molecule has 0 saturated carbocycles. The smallest absolute Gasteiger partial charge is 0.422 e. The first-order valence-electron chi connectivity index (χ1n) is 9.28. The van der Waals surface area contributed by atoms with Crippen molar-refractivity contribution < 1.29 is 29.0 Å². The molecule has 4 N–H and O–H groups in total. The van der Waals surface area contributed by atoms with Crippen LogP contribution >= 0.6 is 0 Å². The predicted octanol–water partition coefficient (Wildman–Crippen LogP) is 0.123. The number of hydrogen-bond donors (Lipinski definition) is 3. The van der Waals surface area contributed by atoms with Crippen LogP contribution in [0, 0.1) is 0 Å². The maximum atomic E-state index is 13.1. The number of piperazine rings is 1. The van der Waals surface area contributed by atoms with Gasteiger partial charge in [0, 0.05) is 13.1 Å². The van der Waals surface area contributed by atoms with Gasteiger partial charge in [-0.25, -0.2) is 4.79 Å². The Morgan fingerprint density at radius 1 is 1.24 bits per heavy atom. The maximum absolute atomic E-state index is 13.1. The third kappa shape index (κ3) is 5.30. The van der Waals surface area contributed by atoms with Gasteiger partial charge in [0.15, 0.2) is 11.3 Å². The molecule has 158 valence electrons. The summed E-state index contributed by atoms with van der Waals surface area (Å²) in [7, 11) is 0. The minimum Gasteiger partial charge on any atom is -0.480 e. The van der Waals surface area contributed by atoms with E-state index < -0.39 is 35.8 Å². The number of nitrogens with zero attached hydrogens (tertiary/aromatic N) is 2. The summed E-state index contributed by atoms with van der Waals surface area (Å²) in [6, 6.07) is 9.05. The Morgan fingerprint density at radius 2 is 1.93 bits per heavy atom. The van der Waals surface area contributed by atoms with Crippen LogP contribution in [-0.4, -0.2) is 70.5 Å². The number of nitrogens with one attached hydrogen (secondary N) is 1. The lowest BCUT2D eigenvalue weighted by atomic mass is 9.85. The molecule has 1 aliphatic heterocycles. The molecule has 0 radical (unpaired) electrons. The van der Waals surface area contributed by atoms with Gasteiger partial charge in [-0.1, -0.05) is 30.3 Å². The molecule has 1 fully saturated rings. The van der Waals surface area contributed by atoms with E-state index in [0.29, 0.717) is 6.42 Å². The van der Waals surface area contributed by atoms with Crippen molar-refractivity contribution in [3.63, 3.8) is 0 Å². The van der Waals surface area contributed by atoms with E-state index in [1.807, 2.05) is 18.2 Å². The highest BCUT2D eigenvalue weighted by atomic mass is 16.6. The molecule has 1 aromatic rings. The van der Waals surface area contributed by atoms with E-state index in [4.69, 9.17) is 15.6 Å². The Morgan fingerprint density at radius 3 is 2.52 bits per heavy atom. The molecule has 2 amide bonds. The van der Waals surface area contributed by atoms with E-state index in [2.05, 4.69) is 5.43 Å². The SMILES string of the molecule is CC(=O)[C@@]1(CCCN)C(=O)N(CC(=O)O)CCN1NC(=O)OCc1ccccc1. The van der Waals surface area contributed by atoms with Gasteiger partial charge in [0.25, 0.3) is 5.91 Å². The summed E-state index contributed by atoms with van der Waals surface area (Å²) >= 11 is 0. The Labute approximate surface area is 168 Å². The Hall–Kier alpha value is -2.98. The highest BCUT2D eigenvalue weighted by Gasteiger charge is 2.53. The van der Waals surface area contributed by atoms with E-state index in [0.717, 1.165) is 10.5 Å². The fraction of sp³-hybridized carbons (Fsp3) is 0.474. The van der Waals surface area contributed by atoms with Gasteiger partial charge in [-0.05, 0) is 31.9 Å². The van der Waals surface area contributed by atoms with Gasteiger partial charge in [-0.15, -0.1) is 0 Å². The topological polar surface area (TPSA) is 142 Å². The van der Waals surface area contributed by atoms with Gasteiger partial charge in [0.05, 0.1) is 0 Å². The normalized spacial score (nSPS) is 19.7. The van der Waals surface area contributed by atoms with Crippen LogP contribution in [-0.2, 0) is 25.7 Å². The van der Waals surface area contributed by atoms with E-state index in [1.54, 1.807) is 12.1 Å². The first-order valence-corrected chi connectivity index (χ1v) is 9.28. The number of ether oxygens (including phenoxy) is 1. The van der Waals surface area contributed by atoms with Crippen LogP contribution in [0.25, 0.3) is 0 Å². The Balaban J connectivity index is 2.18. The molecule has 0 unspecified atom stereocenters. The van der Waals surface area contributed by atoms with Crippen LogP contribution in [0.4, 0.5) is 4.79 Å². The number of carbonyl (C=O) groups is 4. The molecule has 0 spiro atoms. The molecule has 10 nitrogen and oxygen atoms in total. The lowest BCUT2D eigenvalue weighted by molar-refractivity contribution is -0.165. The van der Waals surface area contributed by atoms with Crippen molar-refractivity contribution in [1.82, 2.24) is 15.3 Å². The lowest BCUT2D eigenvalue weighted by Crippen LogP contribution is -2.73. The minimum absolute atomic E-state index is 0.0233. The number of aliphatic carboxylic acids is 1. The summed E-state index contributed by atoms with van der Waals surface area (Å²) in [5, 5.41) is 10.3. The van der Waals surface area contributed by atoms with Crippen LogP contribution in [0.5, 0.6) is 0 Å². The second-order valence-electron chi connectivity index (χ2n) is 6.75. The summed E-state index contributed by atoms with van der Waals surface area (Å²) in [6.45, 7) is 1.08. The van der Waals surface area contributed by atoms with Gasteiger partial charge < -0.3 is 20.5 Å². The number of carboxylic acid groups (broad SMARTS) is 1. The number of amides is 2. The molecule has 0 bridgehead atoms. The van der Waals surface area contributed by atoms with Crippen molar-refractivity contribution in [2.24, 2.45) is 5.73 Å². The second-order valence-corrected chi connectivity index (χ2v) is 6.75. The number of nitrogens with two attached hydrogens (primary N) is 1. The Bertz CT molecular complexity index is 756. The third-order valence-electron chi connectivity index (χ3n) is 4.79. The average molecular weight is 406 g/mol. The molecule has 29 heavy (non-hydrogen) atoms. The number of Topliss-reactive ketones (excluding diaryl/α,β-unsaturated/α-hetero) is 1. The number of rotatable bonds is 9. The number of carboxylic acids is 1. The predicted molar refractivity (Wildman–Crippen MR) is 102 cm³/mol. The van der Waals surface area contributed by atoms with E-state index in [9.17, 15) is 19.2 Å². The van der Waals surface area contributed by atoms with E-state index in [-0.39, 0.29) is 32.7 Å². The number of ketones is 1. The zero-order valence-corrected chi connectivity index (χ0v) is 16.3. The average Bonchev–Trinajstić information content (AvgIpc) is 2.68. The number of hydrazine groups is 1. The molecule has 0 aromatic heterocycles. The zero-order chi connectivity index (χ0) is 21.4. The molecule has 1 aromatic carbocycles. The molecule has 1 aliphatic rings. The van der Waals surface area contributed by atoms with Crippen LogP contribution < -0.4 is 11.2 Å². The largest absolute Gasteiger partial charge is 0.480 e. The van der Waals surface area contributed by atoms with E-state index in [1.165, 1.54) is 11.9 Å². The van der Waals surface area contributed by atoms with Crippen molar-refractivity contribution in [3.05, 3.63) is 35.9 Å². The quantitative estimate of drug-likeness (QED) is 0.491. The fourth-order valence-corrected chi connectivity index (χ4v) is 3.34. The fourth-order valence-electron chi connectivity index (χ4n) is 3.34. The summed E-state index contributed by atoms with van der Waals surface area (Å²) in [6.07, 6.45) is -0.428. The monoisotopic (exact) mass is 406 g/mol. The highest BCUT2D eigenvalue weighted by Crippen LogP contribution is 2.28. The molecule has 2 rings (SSSR count). The van der Waals surface area contributed by atoms with Crippen molar-refractivity contribution in [3.8, 4) is 0 Å². The number of carbonyl (C=O) groups excluding carboxylic acids is 3. The molecule has 1 saturated heterocycles. The van der Waals surface area contributed by atoms with Crippen molar-refractivity contribution in [2.75, 3.05) is 26.2 Å². The van der Waals surface area contributed by atoms with Gasteiger partial charge >= 0.3 is 12.1 Å². The minimum atomic E-state index is -1.72. The third-order valence-corrected chi connectivity index (χ3v) is 4.79. The molecular weight excluding hydrogens is 380 g/mol. The molecule has 0 aliphatic carbocycles. The van der Waals surface area contributed by atoms with Crippen LogP contribution in [0.2, 0.25) is 0 Å². The highest BCUT2D eigenvalue weighted by molar-refractivity contribution is 6.10. The Kier molecular flexibility index (Phi) is 7.68. The lowest BCUT2D eigenvalue weighted by Gasteiger charge is -2.47. The summed E-state index contributed by atoms with van der Waals surface area (Å²) < 4.78 is 5.19. The second kappa shape index (κ2) is 9.99. The first kappa shape index (κ1) is 22.3. The van der Waals surface area contributed by atoms with Crippen LogP contribution in [0.3, 0.4) is 0 Å². The first-order chi connectivity index (χ1) is 13.8. The van der Waals surface area contributed by atoms with Crippen LogP contribution in [0.1, 0.15) is 25.3 Å². The molecule has 10 heteroatoms.